The molecule has 0 spiro atoms. The average Bonchev–Trinajstić information content (AvgIpc) is 2.25. The fourth-order valence-electron chi connectivity index (χ4n) is 1.65. The molecule has 0 aliphatic carbocycles. The lowest BCUT2D eigenvalue weighted by molar-refractivity contribution is -0.274. The highest BCUT2D eigenvalue weighted by atomic mass is 35.5. The van der Waals surface area contributed by atoms with Crippen molar-refractivity contribution in [2.45, 2.75) is 45.7 Å². The van der Waals surface area contributed by atoms with Crippen LogP contribution in [-0.2, 0) is 0 Å². The Labute approximate surface area is 128 Å². The van der Waals surface area contributed by atoms with Crippen LogP contribution in [0, 0.1) is 5.41 Å². The van der Waals surface area contributed by atoms with Crippen molar-refractivity contribution in [3.8, 4) is 5.75 Å². The fourth-order valence-corrected chi connectivity index (χ4v) is 1.65. The summed E-state index contributed by atoms with van der Waals surface area (Å²) >= 11 is 0. The molecule has 0 aliphatic rings. The van der Waals surface area contributed by atoms with Gasteiger partial charge >= 0.3 is 6.36 Å². The predicted molar refractivity (Wildman–Crippen MR) is 77.4 cm³/mol. The monoisotopic (exact) mass is 327 g/mol. The largest absolute Gasteiger partial charge is 0.573 e. The molecule has 0 radical (unpaired) electrons. The van der Waals surface area contributed by atoms with Crippen molar-refractivity contribution in [3.05, 3.63) is 29.8 Å². The smallest absolute Gasteiger partial charge is 0.406 e. The molecular weight excluding hydrogens is 307 g/mol. The van der Waals surface area contributed by atoms with Gasteiger partial charge in [-0.2, -0.15) is 0 Å². The van der Waals surface area contributed by atoms with Gasteiger partial charge in [0.15, 0.2) is 0 Å². The number of benzene rings is 1. The molecule has 3 nitrogen and oxygen atoms in total. The maximum absolute atomic E-state index is 12.1. The molecule has 0 saturated heterocycles. The molecule has 1 rings (SSSR count). The molecule has 0 fully saturated rings. The zero-order valence-electron chi connectivity index (χ0n) is 12.1. The van der Waals surface area contributed by atoms with Gasteiger partial charge in [0.2, 0.25) is 0 Å². The Bertz CT molecular complexity index is 447. The van der Waals surface area contributed by atoms with E-state index in [0.29, 0.717) is 5.56 Å². The Morgan fingerprint density at radius 2 is 1.81 bits per heavy atom. The van der Waals surface area contributed by atoms with Crippen molar-refractivity contribution in [2.75, 3.05) is 0 Å². The van der Waals surface area contributed by atoms with Gasteiger partial charge < -0.3 is 15.6 Å². The molecule has 7 heteroatoms. The molecule has 0 saturated carbocycles. The van der Waals surface area contributed by atoms with Crippen LogP contribution in [0.4, 0.5) is 13.2 Å². The minimum Gasteiger partial charge on any atom is -0.406 e. The highest BCUT2D eigenvalue weighted by Gasteiger charge is 2.31. The van der Waals surface area contributed by atoms with Crippen molar-refractivity contribution in [3.63, 3.8) is 0 Å². The van der Waals surface area contributed by atoms with Gasteiger partial charge in [-0.15, -0.1) is 25.6 Å². The van der Waals surface area contributed by atoms with Crippen LogP contribution in [0.1, 0.15) is 38.9 Å². The Hall–Kier alpha value is -0.980. The predicted octanol–water partition coefficient (Wildman–Crippen LogP) is 3.80. The first kappa shape index (κ1) is 20.0. The topological polar surface area (TPSA) is 55.5 Å². The molecule has 0 aliphatic heterocycles. The van der Waals surface area contributed by atoms with Gasteiger partial charge in [-0.1, -0.05) is 32.9 Å². The summed E-state index contributed by atoms with van der Waals surface area (Å²) in [6, 6.07) is 5.04. The molecule has 2 atom stereocenters. The summed E-state index contributed by atoms with van der Waals surface area (Å²) < 4.78 is 40.2. The molecule has 0 aromatic heterocycles. The Morgan fingerprint density at radius 1 is 1.24 bits per heavy atom. The third kappa shape index (κ3) is 7.02. The third-order valence-corrected chi connectivity index (χ3v) is 3.07. The van der Waals surface area contributed by atoms with Crippen molar-refractivity contribution in [2.24, 2.45) is 11.1 Å². The lowest BCUT2D eigenvalue weighted by atomic mass is 9.83. The summed E-state index contributed by atoms with van der Waals surface area (Å²) in [5, 5.41) is 10.1. The van der Waals surface area contributed by atoms with E-state index < -0.39 is 12.5 Å². The zero-order chi connectivity index (χ0) is 15.6. The van der Waals surface area contributed by atoms with E-state index in [9.17, 15) is 18.3 Å². The van der Waals surface area contributed by atoms with E-state index in [-0.39, 0.29) is 36.0 Å². The number of ether oxygens (including phenoxy) is 1. The van der Waals surface area contributed by atoms with E-state index in [1.807, 2.05) is 20.8 Å². The van der Waals surface area contributed by atoms with E-state index in [1.165, 1.54) is 18.2 Å². The SMILES string of the molecule is CC(C)(C)[C@@H](N)C[C@@H](O)c1cccc(OC(F)(F)F)c1.Cl. The van der Waals surface area contributed by atoms with Gasteiger partial charge in [-0.25, -0.2) is 0 Å². The van der Waals surface area contributed by atoms with Crippen LogP contribution in [0.25, 0.3) is 0 Å². The molecule has 122 valence electrons. The molecular formula is C14H21ClF3NO2. The molecule has 0 amide bonds. The molecule has 0 bridgehead atoms. The standard InChI is InChI=1S/C14H20F3NO2.ClH/c1-13(2,3)12(18)8-11(19)9-5-4-6-10(7-9)20-14(15,16)17;/h4-7,11-12,19H,8,18H2,1-3H3;1H/t11-,12+;/m1./s1. The maximum Gasteiger partial charge on any atom is 0.573 e. The van der Waals surface area contributed by atoms with Gasteiger partial charge in [0, 0.05) is 6.04 Å². The second-order valence-electron chi connectivity index (χ2n) is 5.84. The van der Waals surface area contributed by atoms with Gasteiger partial charge in [0.1, 0.15) is 5.75 Å². The number of rotatable bonds is 4. The molecule has 21 heavy (non-hydrogen) atoms. The van der Waals surface area contributed by atoms with E-state index in [2.05, 4.69) is 4.74 Å². The number of hydrogen-bond donors (Lipinski definition) is 2. The zero-order valence-corrected chi connectivity index (χ0v) is 13.0. The van der Waals surface area contributed by atoms with Gasteiger partial charge in [-0.3, -0.25) is 0 Å². The quantitative estimate of drug-likeness (QED) is 0.884. The van der Waals surface area contributed by atoms with Gasteiger partial charge in [-0.05, 0) is 29.5 Å². The Morgan fingerprint density at radius 3 is 2.29 bits per heavy atom. The van der Waals surface area contributed by atoms with Gasteiger partial charge in [0.05, 0.1) is 6.10 Å². The number of aliphatic hydroxyl groups excluding tert-OH is 1. The van der Waals surface area contributed by atoms with Crippen LogP contribution in [0.2, 0.25) is 0 Å². The molecule has 1 aromatic carbocycles. The average molecular weight is 328 g/mol. The van der Waals surface area contributed by atoms with Crippen molar-refractivity contribution < 1.29 is 23.0 Å². The van der Waals surface area contributed by atoms with Crippen LogP contribution >= 0.6 is 12.4 Å². The lowest BCUT2D eigenvalue weighted by Crippen LogP contribution is -2.36. The van der Waals surface area contributed by atoms with Crippen LogP contribution < -0.4 is 10.5 Å². The minimum atomic E-state index is -4.74. The molecule has 3 N–H and O–H groups in total. The first-order valence-electron chi connectivity index (χ1n) is 6.28. The summed E-state index contributed by atoms with van der Waals surface area (Å²) in [7, 11) is 0. The first-order valence-corrected chi connectivity index (χ1v) is 6.28. The Kier molecular flexibility index (Phi) is 6.99. The number of nitrogens with two attached hydrogens (primary N) is 1. The summed E-state index contributed by atoms with van der Waals surface area (Å²) in [6.07, 6.45) is -5.41. The summed E-state index contributed by atoms with van der Waals surface area (Å²) in [4.78, 5) is 0. The van der Waals surface area contributed by atoms with E-state index in [1.54, 1.807) is 6.07 Å². The van der Waals surface area contributed by atoms with Crippen LogP contribution in [-0.4, -0.2) is 17.5 Å². The van der Waals surface area contributed by atoms with Crippen LogP contribution in [0.3, 0.4) is 0 Å². The second kappa shape index (κ2) is 7.33. The molecule has 0 unspecified atom stereocenters. The first-order chi connectivity index (χ1) is 8.99. The number of alkyl halides is 3. The number of aliphatic hydroxyl groups is 1. The van der Waals surface area contributed by atoms with Gasteiger partial charge in [0.25, 0.3) is 0 Å². The summed E-state index contributed by atoms with van der Waals surface area (Å²) in [5.41, 5.74) is 6.12. The molecule has 1 aromatic rings. The summed E-state index contributed by atoms with van der Waals surface area (Å²) in [5.74, 6) is -0.349. The number of hydrogen-bond acceptors (Lipinski definition) is 3. The third-order valence-electron chi connectivity index (χ3n) is 3.07. The lowest BCUT2D eigenvalue weighted by Gasteiger charge is -2.29. The van der Waals surface area contributed by atoms with Crippen molar-refractivity contribution >= 4 is 12.4 Å². The Balaban J connectivity index is 0.00000400. The van der Waals surface area contributed by atoms with Crippen LogP contribution in [0.15, 0.2) is 24.3 Å². The van der Waals surface area contributed by atoms with Crippen LogP contribution in [0.5, 0.6) is 5.75 Å². The van der Waals surface area contributed by atoms with E-state index >= 15 is 0 Å². The second-order valence-corrected chi connectivity index (χ2v) is 5.84. The highest BCUT2D eigenvalue weighted by Crippen LogP contribution is 2.29. The normalized spacial score (nSPS) is 15.0. The highest BCUT2D eigenvalue weighted by molar-refractivity contribution is 5.85. The van der Waals surface area contributed by atoms with Crippen molar-refractivity contribution in [1.82, 2.24) is 0 Å². The van der Waals surface area contributed by atoms with E-state index in [0.717, 1.165) is 0 Å². The summed E-state index contributed by atoms with van der Waals surface area (Å²) in [6.45, 7) is 5.81. The molecule has 0 heterocycles. The van der Waals surface area contributed by atoms with Crippen molar-refractivity contribution in [1.29, 1.82) is 0 Å². The maximum atomic E-state index is 12.1. The number of halogens is 4. The van der Waals surface area contributed by atoms with E-state index in [4.69, 9.17) is 5.73 Å². The fraction of sp³-hybridized carbons (Fsp3) is 0.571. The minimum absolute atomic E-state index is 0.